The van der Waals surface area contributed by atoms with E-state index in [2.05, 4.69) is 31.3 Å². The summed E-state index contributed by atoms with van der Waals surface area (Å²) in [5, 5.41) is 7.17. The molecule has 30 heavy (non-hydrogen) atoms. The second-order valence-electron chi connectivity index (χ2n) is 6.65. The summed E-state index contributed by atoms with van der Waals surface area (Å²) in [6, 6.07) is 11.4. The minimum absolute atomic E-state index is 0.0739. The van der Waals surface area contributed by atoms with Crippen molar-refractivity contribution in [2.45, 2.75) is 33.2 Å². The van der Waals surface area contributed by atoms with Crippen LogP contribution in [0.4, 0.5) is 0 Å². The number of carbonyl (C=O) groups is 1. The fourth-order valence-electron chi connectivity index (χ4n) is 3.06. The number of amides is 1. The highest BCUT2D eigenvalue weighted by Gasteiger charge is 2.15. The van der Waals surface area contributed by atoms with Gasteiger partial charge in [0.15, 0.2) is 11.5 Å². The molecule has 1 atom stereocenters. The van der Waals surface area contributed by atoms with Gasteiger partial charge in [0.1, 0.15) is 12.7 Å². The molecule has 0 bridgehead atoms. The maximum absolute atomic E-state index is 12.7. The summed E-state index contributed by atoms with van der Waals surface area (Å²) in [6.07, 6.45) is 3.37. The molecule has 0 fully saturated rings. The Kier molecular flexibility index (Phi) is 7.46. The molecule has 1 N–H and O–H groups in total. The number of ether oxygens (including phenoxy) is 2. The van der Waals surface area contributed by atoms with Crippen molar-refractivity contribution in [3.63, 3.8) is 0 Å². The summed E-state index contributed by atoms with van der Waals surface area (Å²) in [7, 11) is 0. The third kappa shape index (κ3) is 5.38. The number of nitrogens with zero attached hydrogens (tertiary/aromatic N) is 3. The van der Waals surface area contributed by atoms with Crippen LogP contribution < -0.4 is 14.8 Å². The van der Waals surface area contributed by atoms with Gasteiger partial charge in [0.05, 0.1) is 31.4 Å². The van der Waals surface area contributed by atoms with Crippen LogP contribution in [0.5, 0.6) is 11.5 Å². The molecule has 0 aliphatic rings. The molecule has 0 spiro atoms. The van der Waals surface area contributed by atoms with E-state index in [4.69, 9.17) is 9.47 Å². The molecule has 1 heterocycles. The molecule has 8 heteroatoms. The molecular formula is C22H25BrN4O3. The first-order valence-electron chi connectivity index (χ1n) is 9.84. The van der Waals surface area contributed by atoms with Gasteiger partial charge in [-0.15, -0.1) is 0 Å². The van der Waals surface area contributed by atoms with Crippen molar-refractivity contribution >= 4 is 21.8 Å². The van der Waals surface area contributed by atoms with Crippen LogP contribution in [0.15, 0.2) is 53.5 Å². The quantitative estimate of drug-likeness (QED) is 0.503. The Bertz CT molecular complexity index is 975. The minimum atomic E-state index is -0.130. The van der Waals surface area contributed by atoms with E-state index >= 15 is 0 Å². The Balaban J connectivity index is 1.66. The Morgan fingerprint density at radius 1 is 1.13 bits per heavy atom. The summed E-state index contributed by atoms with van der Waals surface area (Å²) in [5.74, 6) is 1.23. The van der Waals surface area contributed by atoms with E-state index in [9.17, 15) is 4.79 Å². The molecule has 3 rings (SSSR count). The molecule has 2 aromatic carbocycles. The third-order valence-electron chi connectivity index (χ3n) is 4.52. The van der Waals surface area contributed by atoms with E-state index < -0.39 is 0 Å². The predicted octanol–water partition coefficient (Wildman–Crippen LogP) is 4.25. The predicted molar refractivity (Wildman–Crippen MR) is 118 cm³/mol. The van der Waals surface area contributed by atoms with Gasteiger partial charge >= 0.3 is 0 Å². The lowest BCUT2D eigenvalue weighted by Gasteiger charge is -2.17. The standard InChI is InChI=1S/C22H25BrN4O3/c1-4-29-20-10-17(19(23)12-21(20)30-5-2)11-22(28)26-15(3)16-6-8-18(9-7-16)27-14-24-13-25-27/h6-10,12-15H,4-5,11H2,1-3H3,(H,26,28). The van der Waals surface area contributed by atoms with Gasteiger partial charge in [-0.3, -0.25) is 4.79 Å². The Morgan fingerprint density at radius 2 is 1.80 bits per heavy atom. The number of benzene rings is 2. The minimum Gasteiger partial charge on any atom is -0.490 e. The van der Waals surface area contributed by atoms with Crippen molar-refractivity contribution in [2.24, 2.45) is 0 Å². The average molecular weight is 473 g/mol. The lowest BCUT2D eigenvalue weighted by molar-refractivity contribution is -0.121. The van der Waals surface area contributed by atoms with E-state index in [-0.39, 0.29) is 18.4 Å². The van der Waals surface area contributed by atoms with Crippen molar-refractivity contribution in [3.8, 4) is 17.2 Å². The maximum Gasteiger partial charge on any atom is 0.224 e. The first-order chi connectivity index (χ1) is 14.5. The maximum atomic E-state index is 12.7. The summed E-state index contributed by atoms with van der Waals surface area (Å²) < 4.78 is 13.8. The Morgan fingerprint density at radius 3 is 2.40 bits per heavy atom. The zero-order valence-electron chi connectivity index (χ0n) is 17.3. The van der Waals surface area contributed by atoms with Crippen LogP contribution >= 0.6 is 15.9 Å². The molecule has 1 aromatic heterocycles. The monoisotopic (exact) mass is 472 g/mol. The summed E-state index contributed by atoms with van der Waals surface area (Å²) >= 11 is 3.54. The van der Waals surface area contributed by atoms with Crippen LogP contribution in [0.2, 0.25) is 0 Å². The van der Waals surface area contributed by atoms with Gasteiger partial charge in [0, 0.05) is 4.47 Å². The number of aromatic nitrogens is 3. The van der Waals surface area contributed by atoms with Crippen LogP contribution in [0, 0.1) is 0 Å². The molecule has 0 radical (unpaired) electrons. The molecule has 0 aliphatic heterocycles. The highest BCUT2D eigenvalue weighted by molar-refractivity contribution is 9.10. The van der Waals surface area contributed by atoms with Gasteiger partial charge in [-0.05, 0) is 56.2 Å². The van der Waals surface area contributed by atoms with Crippen molar-refractivity contribution < 1.29 is 14.3 Å². The normalized spacial score (nSPS) is 11.7. The van der Waals surface area contributed by atoms with E-state index in [1.807, 2.05) is 57.2 Å². The zero-order chi connectivity index (χ0) is 21.5. The van der Waals surface area contributed by atoms with Crippen LogP contribution in [0.25, 0.3) is 5.69 Å². The second-order valence-corrected chi connectivity index (χ2v) is 7.51. The first kappa shape index (κ1) is 21.8. The molecule has 158 valence electrons. The molecule has 0 saturated carbocycles. The smallest absolute Gasteiger partial charge is 0.224 e. The Labute approximate surface area is 184 Å². The second kappa shape index (κ2) is 10.2. The van der Waals surface area contributed by atoms with Crippen molar-refractivity contribution in [3.05, 3.63) is 64.7 Å². The van der Waals surface area contributed by atoms with Gasteiger partial charge in [-0.25, -0.2) is 9.67 Å². The van der Waals surface area contributed by atoms with Gasteiger partial charge in [-0.2, -0.15) is 5.10 Å². The number of hydrogen-bond donors (Lipinski definition) is 1. The number of rotatable bonds is 9. The van der Waals surface area contributed by atoms with Crippen LogP contribution in [-0.4, -0.2) is 33.9 Å². The third-order valence-corrected chi connectivity index (χ3v) is 5.26. The fourth-order valence-corrected chi connectivity index (χ4v) is 3.52. The van der Waals surface area contributed by atoms with E-state index in [1.54, 1.807) is 11.0 Å². The SMILES string of the molecule is CCOc1cc(Br)c(CC(=O)NC(C)c2ccc(-n3cncn3)cc2)cc1OCC. The molecule has 1 amide bonds. The fraction of sp³-hybridized carbons (Fsp3) is 0.318. The molecule has 0 saturated heterocycles. The summed E-state index contributed by atoms with van der Waals surface area (Å²) in [5.41, 5.74) is 2.76. The highest BCUT2D eigenvalue weighted by Crippen LogP contribution is 2.34. The van der Waals surface area contributed by atoms with Crippen molar-refractivity contribution in [1.29, 1.82) is 0 Å². The van der Waals surface area contributed by atoms with E-state index in [0.717, 1.165) is 21.3 Å². The lowest BCUT2D eigenvalue weighted by Crippen LogP contribution is -2.28. The molecule has 3 aromatic rings. The summed E-state index contributed by atoms with van der Waals surface area (Å²) in [4.78, 5) is 16.6. The van der Waals surface area contributed by atoms with Crippen molar-refractivity contribution in [1.82, 2.24) is 20.1 Å². The van der Waals surface area contributed by atoms with Gasteiger partial charge < -0.3 is 14.8 Å². The number of halogens is 1. The molecular weight excluding hydrogens is 448 g/mol. The molecule has 7 nitrogen and oxygen atoms in total. The van der Waals surface area contributed by atoms with Crippen LogP contribution in [0.3, 0.4) is 0 Å². The highest BCUT2D eigenvalue weighted by atomic mass is 79.9. The van der Waals surface area contributed by atoms with Crippen LogP contribution in [-0.2, 0) is 11.2 Å². The van der Waals surface area contributed by atoms with Crippen LogP contribution in [0.1, 0.15) is 37.9 Å². The number of nitrogens with one attached hydrogen (secondary N) is 1. The Hall–Kier alpha value is -2.87. The number of hydrogen-bond acceptors (Lipinski definition) is 5. The van der Waals surface area contributed by atoms with Crippen molar-refractivity contribution in [2.75, 3.05) is 13.2 Å². The zero-order valence-corrected chi connectivity index (χ0v) is 18.8. The lowest BCUT2D eigenvalue weighted by atomic mass is 10.1. The topological polar surface area (TPSA) is 78.3 Å². The van der Waals surface area contributed by atoms with Gasteiger partial charge in [-0.1, -0.05) is 28.1 Å². The van der Waals surface area contributed by atoms with E-state index in [0.29, 0.717) is 24.7 Å². The molecule has 0 aliphatic carbocycles. The van der Waals surface area contributed by atoms with Gasteiger partial charge in [0.25, 0.3) is 0 Å². The first-order valence-corrected chi connectivity index (χ1v) is 10.6. The molecule has 1 unspecified atom stereocenters. The number of carbonyl (C=O) groups excluding carboxylic acids is 1. The largest absolute Gasteiger partial charge is 0.490 e. The van der Waals surface area contributed by atoms with E-state index in [1.165, 1.54) is 6.33 Å². The summed E-state index contributed by atoms with van der Waals surface area (Å²) in [6.45, 7) is 6.86. The van der Waals surface area contributed by atoms with Gasteiger partial charge in [0.2, 0.25) is 5.91 Å². The average Bonchev–Trinajstić information content (AvgIpc) is 3.26.